The molecule has 0 saturated carbocycles. The van der Waals surface area contributed by atoms with Crippen LogP contribution in [0.1, 0.15) is 5.56 Å². The molecule has 136 valence electrons. The first kappa shape index (κ1) is 18.2. The van der Waals surface area contributed by atoms with Gasteiger partial charge in [-0.05, 0) is 35.3 Å². The molecule has 0 N–H and O–H groups in total. The maximum Gasteiger partial charge on any atom is 0.327 e. The third-order valence-electron chi connectivity index (χ3n) is 3.80. The molecule has 0 aliphatic heterocycles. The number of ether oxygens (including phenoxy) is 2. The summed E-state index contributed by atoms with van der Waals surface area (Å²) in [6.45, 7) is 0.456. The van der Waals surface area contributed by atoms with E-state index in [2.05, 4.69) is 15.0 Å². The standard InChI is InChI=1S/C16H15Cl2N5O3/c1-22(7-9-4-5-10(25-2)6-11(9)26-3)13-12-14(21-15(17)20-13)23(8-19-12)16(18)24/h4-6,8H,7H2,1-3H3. The number of benzene rings is 1. The normalized spacial score (nSPS) is 10.8. The van der Waals surface area contributed by atoms with Crippen LogP contribution in [0.2, 0.25) is 5.28 Å². The number of carbonyl (C=O) groups excluding carboxylic acids is 1. The van der Waals surface area contributed by atoms with Gasteiger partial charge in [0.05, 0.1) is 14.2 Å². The zero-order chi connectivity index (χ0) is 18.8. The summed E-state index contributed by atoms with van der Waals surface area (Å²) in [7, 11) is 5.00. The summed E-state index contributed by atoms with van der Waals surface area (Å²) >= 11 is 11.6. The van der Waals surface area contributed by atoms with Gasteiger partial charge < -0.3 is 14.4 Å². The summed E-state index contributed by atoms with van der Waals surface area (Å²) in [5, 5.41) is -0.742. The van der Waals surface area contributed by atoms with Crippen LogP contribution in [-0.4, -0.2) is 46.2 Å². The molecule has 8 nitrogen and oxygen atoms in total. The topological polar surface area (TPSA) is 82.4 Å². The molecule has 3 aromatic rings. The average Bonchev–Trinajstić information content (AvgIpc) is 3.05. The molecule has 0 unspecified atom stereocenters. The van der Waals surface area contributed by atoms with Crippen molar-refractivity contribution in [1.29, 1.82) is 0 Å². The van der Waals surface area contributed by atoms with Crippen molar-refractivity contribution in [1.82, 2.24) is 19.5 Å². The molecule has 0 saturated heterocycles. The number of hydrogen-bond acceptors (Lipinski definition) is 7. The lowest BCUT2D eigenvalue weighted by atomic mass is 10.1. The van der Waals surface area contributed by atoms with Crippen LogP contribution in [0.5, 0.6) is 11.5 Å². The Labute approximate surface area is 159 Å². The van der Waals surface area contributed by atoms with E-state index < -0.39 is 5.37 Å². The summed E-state index contributed by atoms with van der Waals surface area (Å²) in [5.41, 5.74) is 1.57. The molecule has 26 heavy (non-hydrogen) atoms. The predicted molar refractivity (Wildman–Crippen MR) is 98.6 cm³/mol. The number of halogens is 2. The van der Waals surface area contributed by atoms with Crippen LogP contribution in [0.15, 0.2) is 24.5 Å². The van der Waals surface area contributed by atoms with Gasteiger partial charge in [0.15, 0.2) is 17.0 Å². The van der Waals surface area contributed by atoms with Crippen molar-refractivity contribution in [2.45, 2.75) is 6.54 Å². The largest absolute Gasteiger partial charge is 0.497 e. The summed E-state index contributed by atoms with van der Waals surface area (Å²) in [6.07, 6.45) is 1.29. The van der Waals surface area contributed by atoms with E-state index >= 15 is 0 Å². The lowest BCUT2D eigenvalue weighted by Crippen LogP contribution is -2.19. The number of carbonyl (C=O) groups is 1. The van der Waals surface area contributed by atoms with Crippen molar-refractivity contribution < 1.29 is 14.3 Å². The van der Waals surface area contributed by atoms with Gasteiger partial charge in [-0.1, -0.05) is 0 Å². The van der Waals surface area contributed by atoms with Crippen LogP contribution in [0.25, 0.3) is 11.2 Å². The van der Waals surface area contributed by atoms with E-state index in [1.54, 1.807) is 20.3 Å². The summed E-state index contributed by atoms with van der Waals surface area (Å²) in [5.74, 6) is 1.84. The van der Waals surface area contributed by atoms with Crippen LogP contribution < -0.4 is 14.4 Å². The van der Waals surface area contributed by atoms with Gasteiger partial charge >= 0.3 is 5.37 Å². The number of rotatable bonds is 5. The number of anilines is 1. The minimum Gasteiger partial charge on any atom is -0.497 e. The molecule has 0 atom stereocenters. The maximum atomic E-state index is 11.5. The van der Waals surface area contributed by atoms with Gasteiger partial charge in [0.2, 0.25) is 5.28 Å². The Balaban J connectivity index is 2.01. The molecule has 10 heteroatoms. The Morgan fingerprint density at radius 1 is 1.27 bits per heavy atom. The van der Waals surface area contributed by atoms with E-state index in [0.717, 1.165) is 10.1 Å². The van der Waals surface area contributed by atoms with E-state index in [9.17, 15) is 4.79 Å². The molecule has 0 radical (unpaired) electrons. The number of nitrogens with zero attached hydrogens (tertiary/aromatic N) is 5. The highest BCUT2D eigenvalue weighted by molar-refractivity contribution is 6.63. The summed E-state index contributed by atoms with van der Waals surface area (Å²) in [4.78, 5) is 25.8. The predicted octanol–water partition coefficient (Wildman–Crippen LogP) is 3.34. The third-order valence-corrected chi connectivity index (χ3v) is 4.15. The van der Waals surface area contributed by atoms with Crippen LogP contribution in [0.3, 0.4) is 0 Å². The van der Waals surface area contributed by atoms with E-state index in [-0.39, 0.29) is 10.9 Å². The van der Waals surface area contributed by atoms with Gasteiger partial charge in [-0.2, -0.15) is 9.97 Å². The first-order chi connectivity index (χ1) is 12.4. The fraction of sp³-hybridized carbons (Fsp3) is 0.250. The van der Waals surface area contributed by atoms with Crippen molar-refractivity contribution in [2.24, 2.45) is 0 Å². The third kappa shape index (κ3) is 3.38. The van der Waals surface area contributed by atoms with E-state index in [4.69, 9.17) is 32.7 Å². The van der Waals surface area contributed by atoms with Gasteiger partial charge in [-0.25, -0.2) is 9.55 Å². The van der Waals surface area contributed by atoms with Gasteiger partial charge in [0, 0.05) is 25.2 Å². The lowest BCUT2D eigenvalue weighted by Gasteiger charge is -2.20. The van der Waals surface area contributed by atoms with Crippen LogP contribution in [0.4, 0.5) is 10.6 Å². The number of fused-ring (bicyclic) bond motifs is 1. The number of imidazole rings is 1. The molecule has 0 spiro atoms. The number of aromatic nitrogens is 4. The second kappa shape index (κ2) is 7.35. The van der Waals surface area contributed by atoms with Crippen molar-refractivity contribution in [3.63, 3.8) is 0 Å². The van der Waals surface area contributed by atoms with Gasteiger partial charge in [-0.15, -0.1) is 0 Å². The fourth-order valence-corrected chi connectivity index (χ4v) is 2.85. The van der Waals surface area contributed by atoms with E-state index in [1.165, 1.54) is 6.33 Å². The van der Waals surface area contributed by atoms with Crippen LogP contribution in [-0.2, 0) is 6.54 Å². The molecule has 0 aliphatic rings. The highest BCUT2D eigenvalue weighted by Crippen LogP contribution is 2.29. The van der Waals surface area contributed by atoms with Crippen LogP contribution in [0, 0.1) is 0 Å². The second-order valence-corrected chi connectivity index (χ2v) is 6.05. The van der Waals surface area contributed by atoms with Crippen molar-refractivity contribution in [3.8, 4) is 11.5 Å². The zero-order valence-corrected chi connectivity index (χ0v) is 15.7. The lowest BCUT2D eigenvalue weighted by molar-refractivity contribution is 0.261. The van der Waals surface area contributed by atoms with Crippen molar-refractivity contribution in [3.05, 3.63) is 35.4 Å². The number of methoxy groups -OCH3 is 2. The molecule has 0 amide bonds. The molecule has 0 fully saturated rings. The first-order valence-electron chi connectivity index (χ1n) is 7.47. The van der Waals surface area contributed by atoms with Gasteiger partial charge in [0.25, 0.3) is 0 Å². The minimum absolute atomic E-state index is 0.0132. The smallest absolute Gasteiger partial charge is 0.327 e. The number of hydrogen-bond donors (Lipinski definition) is 0. The Morgan fingerprint density at radius 3 is 2.69 bits per heavy atom. The van der Waals surface area contributed by atoms with E-state index in [0.29, 0.717) is 29.4 Å². The highest BCUT2D eigenvalue weighted by atomic mass is 35.5. The van der Waals surface area contributed by atoms with Crippen LogP contribution >= 0.6 is 23.2 Å². The molecule has 2 aromatic heterocycles. The minimum atomic E-state index is -0.729. The summed E-state index contributed by atoms with van der Waals surface area (Å²) in [6, 6.07) is 5.54. The Morgan fingerprint density at radius 2 is 2.04 bits per heavy atom. The monoisotopic (exact) mass is 395 g/mol. The Hall–Kier alpha value is -2.58. The Bertz CT molecular complexity index is 976. The molecule has 1 aromatic carbocycles. The fourth-order valence-electron chi connectivity index (χ4n) is 2.57. The molecule has 0 bridgehead atoms. The van der Waals surface area contributed by atoms with Crippen molar-refractivity contribution >= 4 is 45.5 Å². The summed E-state index contributed by atoms with van der Waals surface area (Å²) < 4.78 is 11.7. The first-order valence-corrected chi connectivity index (χ1v) is 8.22. The SMILES string of the molecule is COc1ccc(CN(C)c2nc(Cl)nc3c2ncn3C(=O)Cl)c(OC)c1. The quantitative estimate of drug-likeness (QED) is 0.483. The molecule has 0 aliphatic carbocycles. The molecular formula is C16H15Cl2N5O3. The van der Waals surface area contributed by atoms with Gasteiger partial charge in [0.1, 0.15) is 17.8 Å². The maximum absolute atomic E-state index is 11.5. The van der Waals surface area contributed by atoms with E-state index in [1.807, 2.05) is 24.1 Å². The molecule has 2 heterocycles. The highest BCUT2D eigenvalue weighted by Gasteiger charge is 2.19. The molecular weight excluding hydrogens is 381 g/mol. The van der Waals surface area contributed by atoms with Crippen molar-refractivity contribution in [2.75, 3.05) is 26.2 Å². The second-order valence-electron chi connectivity index (χ2n) is 5.39. The zero-order valence-electron chi connectivity index (χ0n) is 14.2. The Kier molecular flexibility index (Phi) is 5.15. The average molecular weight is 396 g/mol. The van der Waals surface area contributed by atoms with Gasteiger partial charge in [-0.3, -0.25) is 4.79 Å². The molecule has 3 rings (SSSR count).